The van der Waals surface area contributed by atoms with Crippen LogP contribution in [0.2, 0.25) is 0 Å². The van der Waals surface area contributed by atoms with Crippen molar-refractivity contribution in [3.05, 3.63) is 113 Å². The van der Waals surface area contributed by atoms with Gasteiger partial charge in [0.15, 0.2) is 0 Å². The number of quaternary nitrogens is 1. The molecule has 0 bridgehead atoms. The highest BCUT2D eigenvalue weighted by Gasteiger charge is 2.45. The van der Waals surface area contributed by atoms with Gasteiger partial charge in [-0.1, -0.05) is 136 Å². The van der Waals surface area contributed by atoms with Gasteiger partial charge in [-0.3, -0.25) is 0 Å². The van der Waals surface area contributed by atoms with Crippen LogP contribution in [0.5, 0.6) is 0 Å². The molecule has 2 aliphatic rings. The summed E-state index contributed by atoms with van der Waals surface area (Å²) in [6.07, 6.45) is 14.9. The Hall–Kier alpha value is -0.800. The SMILES string of the molecule is CN(C)CCC1(CC[N+](C)(C)CCCCCCC2(CCCCCCBr)c3cc(Br)ccc3-c3ccc(Br)cc32)c2cc(Br)ccc2-c2ccc(Br)cc21. The second-order valence-corrected chi connectivity index (χ2v) is 21.1. The van der Waals surface area contributed by atoms with E-state index in [4.69, 9.17) is 0 Å². The topological polar surface area (TPSA) is 3.24 Å². The van der Waals surface area contributed by atoms with Gasteiger partial charge in [-0.05, 0) is 152 Å². The van der Waals surface area contributed by atoms with Crippen LogP contribution in [0.3, 0.4) is 0 Å². The van der Waals surface area contributed by atoms with E-state index in [0.29, 0.717) is 0 Å². The van der Waals surface area contributed by atoms with Crippen molar-refractivity contribution in [2.24, 2.45) is 0 Å². The first-order chi connectivity index (χ1) is 25.4. The predicted molar refractivity (Wildman–Crippen MR) is 246 cm³/mol. The van der Waals surface area contributed by atoms with Gasteiger partial charge in [-0.25, -0.2) is 0 Å². The Labute approximate surface area is 362 Å². The maximum absolute atomic E-state index is 3.85. The summed E-state index contributed by atoms with van der Waals surface area (Å²) < 4.78 is 5.79. The molecule has 2 nitrogen and oxygen atoms in total. The Kier molecular flexibility index (Phi) is 14.4. The highest BCUT2D eigenvalue weighted by atomic mass is 79.9. The molecule has 4 aromatic rings. The first kappa shape index (κ1) is 41.8. The van der Waals surface area contributed by atoms with E-state index in [2.05, 4.69) is 186 Å². The van der Waals surface area contributed by atoms with Gasteiger partial charge in [-0.15, -0.1) is 0 Å². The summed E-state index contributed by atoms with van der Waals surface area (Å²) in [5, 5.41) is 1.11. The van der Waals surface area contributed by atoms with Gasteiger partial charge in [-0.2, -0.15) is 0 Å². The van der Waals surface area contributed by atoms with Crippen molar-refractivity contribution in [1.29, 1.82) is 0 Å². The third-order valence-electron chi connectivity index (χ3n) is 12.3. The van der Waals surface area contributed by atoms with Crippen molar-refractivity contribution < 1.29 is 4.48 Å². The average molecular weight is 1040 g/mol. The van der Waals surface area contributed by atoms with Gasteiger partial charge in [0.1, 0.15) is 0 Å². The second-order valence-electron chi connectivity index (χ2n) is 16.6. The van der Waals surface area contributed by atoms with E-state index >= 15 is 0 Å². The van der Waals surface area contributed by atoms with Crippen LogP contribution in [-0.4, -0.2) is 62.5 Å². The van der Waals surface area contributed by atoms with Crippen molar-refractivity contribution in [3.8, 4) is 22.3 Å². The number of unbranched alkanes of at least 4 members (excludes halogenated alkanes) is 6. The molecule has 0 spiro atoms. The van der Waals surface area contributed by atoms with E-state index in [1.807, 2.05) is 0 Å². The Balaban J connectivity index is 1.12. The zero-order valence-corrected chi connectivity index (χ0v) is 40.0. The maximum atomic E-state index is 3.85. The smallest absolute Gasteiger partial charge is 0.0794 e. The van der Waals surface area contributed by atoms with Crippen LogP contribution in [0.25, 0.3) is 22.3 Å². The minimum atomic E-state index is -0.00159. The van der Waals surface area contributed by atoms with Crippen LogP contribution in [0.1, 0.15) is 99.3 Å². The molecule has 4 aromatic carbocycles. The maximum Gasteiger partial charge on any atom is 0.0794 e. The Bertz CT molecular complexity index is 1780. The fourth-order valence-electron chi connectivity index (χ4n) is 9.42. The highest BCUT2D eigenvalue weighted by molar-refractivity contribution is 9.11. The van der Waals surface area contributed by atoms with Crippen LogP contribution >= 0.6 is 79.6 Å². The van der Waals surface area contributed by atoms with Crippen molar-refractivity contribution in [2.75, 3.05) is 53.2 Å². The molecule has 7 heteroatoms. The standard InChI is InChI=1S/C46H56Br5N2/c1-52(2)26-23-46(43-31-35(50)15-19-39(43)40-20-16-36(51)32-44(40)46)24-28-53(3,4)27-12-8-6-10-22-45(21-9-5-7-11-25-47)41-29-33(48)13-17-37(41)38-18-14-34(49)30-42(38)45/h13-20,29-32H,5-12,21-28H2,1-4H3/q+1. The monoisotopic (exact) mass is 1030 g/mol. The molecule has 284 valence electrons. The fraction of sp³-hybridized carbons (Fsp3) is 0.478. The van der Waals surface area contributed by atoms with Crippen molar-refractivity contribution in [2.45, 2.75) is 87.9 Å². The van der Waals surface area contributed by atoms with E-state index in [9.17, 15) is 0 Å². The van der Waals surface area contributed by atoms with Crippen molar-refractivity contribution >= 4 is 79.6 Å². The van der Waals surface area contributed by atoms with Crippen LogP contribution in [0.15, 0.2) is 90.7 Å². The lowest BCUT2D eigenvalue weighted by molar-refractivity contribution is -0.891. The number of hydrogen-bond acceptors (Lipinski definition) is 1. The molecule has 0 fully saturated rings. The molecule has 0 aromatic heterocycles. The number of nitrogens with zero attached hydrogens (tertiary/aromatic N) is 2. The molecular weight excluding hydrogens is 980 g/mol. The molecule has 2 aliphatic carbocycles. The summed E-state index contributed by atoms with van der Waals surface area (Å²) in [6, 6.07) is 27.9. The molecule has 0 atom stereocenters. The molecule has 0 radical (unpaired) electrons. The van der Waals surface area contributed by atoms with Crippen LogP contribution < -0.4 is 0 Å². The first-order valence-corrected chi connectivity index (χ1v) is 23.9. The van der Waals surface area contributed by atoms with Crippen LogP contribution in [0.4, 0.5) is 0 Å². The molecule has 0 amide bonds. The van der Waals surface area contributed by atoms with Gasteiger partial charge < -0.3 is 9.38 Å². The zero-order valence-electron chi connectivity index (χ0n) is 32.0. The van der Waals surface area contributed by atoms with Gasteiger partial charge in [0, 0.05) is 40.5 Å². The summed E-state index contributed by atoms with van der Waals surface area (Å²) in [7, 11) is 9.35. The molecule has 0 aliphatic heterocycles. The zero-order chi connectivity index (χ0) is 37.8. The minimum Gasteiger partial charge on any atom is -0.328 e. The van der Waals surface area contributed by atoms with Gasteiger partial charge in [0.05, 0.1) is 27.2 Å². The lowest BCUT2D eigenvalue weighted by atomic mass is 9.70. The van der Waals surface area contributed by atoms with E-state index in [1.165, 1.54) is 133 Å². The first-order valence-electron chi connectivity index (χ1n) is 19.6. The van der Waals surface area contributed by atoms with Gasteiger partial charge in [0.2, 0.25) is 0 Å². The molecule has 0 N–H and O–H groups in total. The Morgan fingerprint density at radius 1 is 0.472 bits per heavy atom. The third kappa shape index (κ3) is 9.34. The minimum absolute atomic E-state index is 0.00159. The molecule has 0 unspecified atom stereocenters. The van der Waals surface area contributed by atoms with Crippen LogP contribution in [0, 0.1) is 0 Å². The molecule has 6 rings (SSSR count). The molecule has 53 heavy (non-hydrogen) atoms. The van der Waals surface area contributed by atoms with Gasteiger partial charge in [0.25, 0.3) is 0 Å². The molecular formula is C46H56Br5N2+. The lowest BCUT2D eigenvalue weighted by Crippen LogP contribution is -2.44. The van der Waals surface area contributed by atoms with Gasteiger partial charge >= 0.3 is 0 Å². The summed E-state index contributed by atoms with van der Waals surface area (Å²) in [6.45, 7) is 3.43. The number of hydrogen-bond donors (Lipinski definition) is 0. The number of alkyl halides is 1. The quantitative estimate of drug-likeness (QED) is 0.0514. The molecule has 0 saturated heterocycles. The Morgan fingerprint density at radius 3 is 1.25 bits per heavy atom. The lowest BCUT2D eigenvalue weighted by Gasteiger charge is -2.38. The van der Waals surface area contributed by atoms with E-state index in [0.717, 1.165) is 35.7 Å². The number of benzene rings is 4. The van der Waals surface area contributed by atoms with Crippen LogP contribution in [-0.2, 0) is 10.8 Å². The third-order valence-corrected chi connectivity index (χ3v) is 14.8. The van der Waals surface area contributed by atoms with E-state index in [1.54, 1.807) is 0 Å². The molecule has 0 saturated carbocycles. The highest BCUT2D eigenvalue weighted by Crippen LogP contribution is 2.56. The Morgan fingerprint density at radius 2 is 0.849 bits per heavy atom. The number of fused-ring (bicyclic) bond motifs is 6. The summed E-state index contributed by atoms with van der Waals surface area (Å²) >= 11 is 19.0. The average Bonchev–Trinajstić information content (AvgIpc) is 3.53. The molecule has 0 heterocycles. The predicted octanol–water partition coefficient (Wildman–Crippen LogP) is 14.7. The largest absolute Gasteiger partial charge is 0.328 e. The van der Waals surface area contributed by atoms with E-state index < -0.39 is 0 Å². The van der Waals surface area contributed by atoms with Crippen molar-refractivity contribution in [3.63, 3.8) is 0 Å². The normalized spacial score (nSPS) is 15.1. The van der Waals surface area contributed by atoms with E-state index in [-0.39, 0.29) is 10.8 Å². The second kappa shape index (κ2) is 18.2. The fourth-order valence-corrected chi connectivity index (χ4v) is 11.3. The summed E-state index contributed by atoms with van der Waals surface area (Å²) in [5.41, 5.74) is 11.8. The number of halogens is 5. The summed E-state index contributed by atoms with van der Waals surface area (Å²) in [4.78, 5) is 2.35. The number of rotatable bonds is 19. The van der Waals surface area contributed by atoms with Crippen molar-refractivity contribution in [1.82, 2.24) is 4.90 Å². The summed E-state index contributed by atoms with van der Waals surface area (Å²) in [5.74, 6) is 0.